The van der Waals surface area contributed by atoms with E-state index in [9.17, 15) is 0 Å². The first-order valence-corrected chi connectivity index (χ1v) is 10.3. The van der Waals surface area contributed by atoms with E-state index in [2.05, 4.69) is 51.6 Å². The normalized spacial score (nSPS) is 18.9. The second-order valence-corrected chi connectivity index (χ2v) is 7.52. The van der Waals surface area contributed by atoms with Gasteiger partial charge in [0.1, 0.15) is 0 Å². The molecule has 2 aliphatic heterocycles. The van der Waals surface area contributed by atoms with E-state index in [0.29, 0.717) is 0 Å². The van der Waals surface area contributed by atoms with E-state index in [0.717, 1.165) is 76.4 Å². The average molecular weight is 390 g/mol. The Balaban J connectivity index is 1.42. The molecule has 0 radical (unpaired) electrons. The van der Waals surface area contributed by atoms with Crippen molar-refractivity contribution in [1.82, 2.24) is 14.3 Å². The highest BCUT2D eigenvalue weighted by Gasteiger charge is 2.23. The van der Waals surface area contributed by atoms with Crippen molar-refractivity contribution in [1.29, 1.82) is 0 Å². The van der Waals surface area contributed by atoms with E-state index >= 15 is 0 Å². The van der Waals surface area contributed by atoms with Gasteiger partial charge in [-0.25, -0.2) is 0 Å². The molecule has 3 heterocycles. The molecule has 0 unspecified atom stereocenters. The number of rotatable bonds is 5. The molecule has 1 aromatic carbocycles. The molecule has 0 aliphatic carbocycles. The van der Waals surface area contributed by atoms with E-state index in [-0.39, 0.29) is 0 Å². The van der Waals surface area contributed by atoms with Crippen LogP contribution in [0.4, 0.5) is 11.6 Å². The van der Waals surface area contributed by atoms with Crippen LogP contribution >= 0.6 is 12.2 Å². The van der Waals surface area contributed by atoms with Gasteiger partial charge in [-0.3, -0.25) is 4.57 Å². The van der Waals surface area contributed by atoms with Crippen molar-refractivity contribution in [3.63, 3.8) is 0 Å². The summed E-state index contributed by atoms with van der Waals surface area (Å²) in [5.41, 5.74) is 1.32. The minimum absolute atomic E-state index is 0.760. The minimum atomic E-state index is 0.760. The Kier molecular flexibility index (Phi) is 5.75. The molecule has 1 N–H and O–H groups in total. The molecule has 8 heteroatoms. The number of hydrogen-bond donors (Lipinski definition) is 1. The topological polar surface area (TPSA) is 42.9 Å². The first-order chi connectivity index (χ1) is 13.3. The van der Waals surface area contributed by atoms with Gasteiger partial charge in [0, 0.05) is 25.3 Å². The summed E-state index contributed by atoms with van der Waals surface area (Å²) in [5, 5.41) is 4.89. The number of quaternary nitrogens is 1. The fourth-order valence-corrected chi connectivity index (χ4v) is 4.21. The molecular weight excluding hydrogens is 360 g/mol. The van der Waals surface area contributed by atoms with Crippen molar-refractivity contribution >= 4 is 23.9 Å². The second kappa shape index (κ2) is 8.41. The minimum Gasteiger partial charge on any atom is -0.378 e. The predicted octanol–water partition coefficient (Wildman–Crippen LogP) is 0.633. The van der Waals surface area contributed by atoms with Gasteiger partial charge >= 0.3 is 0 Å². The number of ether oxygens (including phenoxy) is 1. The molecule has 7 nitrogen and oxygen atoms in total. The number of anilines is 2. The summed E-state index contributed by atoms with van der Waals surface area (Å²) < 4.78 is 10.5. The molecule has 0 spiro atoms. The van der Waals surface area contributed by atoms with Gasteiger partial charge in [0.2, 0.25) is 10.7 Å². The SMILES string of the molecule is CCn1c(N2CCOCC2)nn(C[NH+]2CCN(c3ccccc3)CC2)c1=S. The van der Waals surface area contributed by atoms with Crippen LogP contribution in [0.25, 0.3) is 0 Å². The third kappa shape index (κ3) is 4.02. The summed E-state index contributed by atoms with van der Waals surface area (Å²) in [6, 6.07) is 10.7. The lowest BCUT2D eigenvalue weighted by atomic mass is 10.2. The third-order valence-electron chi connectivity index (χ3n) is 5.48. The lowest BCUT2D eigenvalue weighted by Crippen LogP contribution is -3.14. The highest BCUT2D eigenvalue weighted by Crippen LogP contribution is 2.15. The largest absolute Gasteiger partial charge is 0.378 e. The number of hydrogen-bond acceptors (Lipinski definition) is 5. The zero-order chi connectivity index (χ0) is 18.6. The first kappa shape index (κ1) is 18.5. The van der Waals surface area contributed by atoms with Crippen molar-refractivity contribution in [2.75, 3.05) is 62.3 Å². The smallest absolute Gasteiger partial charge is 0.226 e. The summed E-state index contributed by atoms with van der Waals surface area (Å²) in [6.07, 6.45) is 0. The number of aromatic nitrogens is 3. The molecule has 2 saturated heterocycles. The van der Waals surface area contributed by atoms with Crippen LogP contribution in [0, 0.1) is 4.77 Å². The van der Waals surface area contributed by atoms with Gasteiger partial charge in [0.25, 0.3) is 0 Å². The number of nitrogens with one attached hydrogen (secondary N) is 1. The molecule has 0 amide bonds. The van der Waals surface area contributed by atoms with Crippen LogP contribution in [0.3, 0.4) is 0 Å². The molecule has 0 atom stereocenters. The summed E-state index contributed by atoms with van der Waals surface area (Å²) in [5.74, 6) is 0.994. The summed E-state index contributed by atoms with van der Waals surface area (Å²) >= 11 is 5.73. The monoisotopic (exact) mass is 389 g/mol. The molecule has 146 valence electrons. The van der Waals surface area contributed by atoms with Crippen molar-refractivity contribution < 1.29 is 9.64 Å². The average Bonchev–Trinajstić information content (AvgIpc) is 3.05. The van der Waals surface area contributed by atoms with Gasteiger partial charge in [-0.05, 0) is 31.3 Å². The molecular formula is C19H29N6OS+. The number of benzene rings is 1. The van der Waals surface area contributed by atoms with E-state index in [1.165, 1.54) is 10.6 Å². The fraction of sp³-hybridized carbons (Fsp3) is 0.579. The highest BCUT2D eigenvalue weighted by molar-refractivity contribution is 7.71. The Morgan fingerprint density at radius 1 is 1.04 bits per heavy atom. The lowest BCUT2D eigenvalue weighted by Gasteiger charge is -2.33. The Morgan fingerprint density at radius 2 is 1.74 bits per heavy atom. The van der Waals surface area contributed by atoms with Crippen molar-refractivity contribution in [3.05, 3.63) is 35.1 Å². The predicted molar refractivity (Wildman–Crippen MR) is 109 cm³/mol. The molecule has 2 aromatic rings. The maximum absolute atomic E-state index is 5.73. The van der Waals surface area contributed by atoms with Crippen LogP contribution in [0.1, 0.15) is 6.92 Å². The van der Waals surface area contributed by atoms with Crippen LogP contribution in [0.15, 0.2) is 30.3 Å². The van der Waals surface area contributed by atoms with Gasteiger partial charge in [0.15, 0.2) is 6.67 Å². The summed E-state index contributed by atoms with van der Waals surface area (Å²) in [7, 11) is 0. The fourth-order valence-electron chi connectivity index (χ4n) is 3.90. The highest BCUT2D eigenvalue weighted by atomic mass is 32.1. The van der Waals surface area contributed by atoms with Crippen molar-refractivity contribution in [2.45, 2.75) is 20.1 Å². The van der Waals surface area contributed by atoms with Crippen LogP contribution in [0.2, 0.25) is 0 Å². The summed E-state index contributed by atoms with van der Waals surface area (Å²) in [6.45, 7) is 11.4. The maximum Gasteiger partial charge on any atom is 0.226 e. The Morgan fingerprint density at radius 3 is 2.41 bits per heavy atom. The Bertz CT molecular complexity index is 790. The van der Waals surface area contributed by atoms with Gasteiger partial charge < -0.3 is 19.4 Å². The van der Waals surface area contributed by atoms with Gasteiger partial charge in [-0.15, -0.1) is 5.10 Å². The third-order valence-corrected chi connectivity index (χ3v) is 5.91. The van der Waals surface area contributed by atoms with Crippen molar-refractivity contribution in [3.8, 4) is 0 Å². The Hall–Kier alpha value is -1.90. The molecule has 4 rings (SSSR count). The van der Waals surface area contributed by atoms with Crippen molar-refractivity contribution in [2.24, 2.45) is 0 Å². The molecule has 2 fully saturated rings. The zero-order valence-electron chi connectivity index (χ0n) is 16.0. The second-order valence-electron chi connectivity index (χ2n) is 7.16. The number of morpholine rings is 1. The molecule has 0 bridgehead atoms. The molecule has 0 saturated carbocycles. The van der Waals surface area contributed by atoms with Crippen LogP contribution in [-0.2, 0) is 18.0 Å². The van der Waals surface area contributed by atoms with Gasteiger partial charge in [-0.1, -0.05) is 18.2 Å². The number of piperazine rings is 1. The van der Waals surface area contributed by atoms with E-state index in [1.807, 2.05) is 4.68 Å². The molecule has 1 aromatic heterocycles. The van der Waals surface area contributed by atoms with E-state index < -0.39 is 0 Å². The van der Waals surface area contributed by atoms with Gasteiger partial charge in [0.05, 0.1) is 39.4 Å². The Labute approximate surface area is 165 Å². The maximum atomic E-state index is 5.73. The van der Waals surface area contributed by atoms with E-state index in [4.69, 9.17) is 22.1 Å². The molecule has 2 aliphatic rings. The number of para-hydroxylation sites is 1. The quantitative estimate of drug-likeness (QED) is 0.760. The van der Waals surface area contributed by atoms with Crippen LogP contribution in [-0.4, -0.2) is 66.8 Å². The van der Waals surface area contributed by atoms with Gasteiger partial charge in [-0.2, -0.15) is 4.68 Å². The van der Waals surface area contributed by atoms with Crippen LogP contribution < -0.4 is 14.7 Å². The standard InChI is InChI=1S/C19H28N6OS/c1-2-24-18(23-12-14-26-15-13-23)20-25(19(24)27)16-21-8-10-22(11-9-21)17-6-4-3-5-7-17/h3-7H,2,8-16H2,1H3/p+1. The first-order valence-electron chi connectivity index (χ1n) is 9.90. The summed E-state index contributed by atoms with van der Waals surface area (Å²) in [4.78, 5) is 6.29. The molecule has 27 heavy (non-hydrogen) atoms. The zero-order valence-corrected chi connectivity index (χ0v) is 16.8. The number of nitrogens with zero attached hydrogens (tertiary/aromatic N) is 5. The van der Waals surface area contributed by atoms with E-state index in [1.54, 1.807) is 0 Å². The van der Waals surface area contributed by atoms with Crippen LogP contribution in [0.5, 0.6) is 0 Å². The lowest BCUT2D eigenvalue weighted by molar-refractivity contribution is -0.924.